The van der Waals surface area contributed by atoms with Crippen LogP contribution in [0.1, 0.15) is 50.3 Å². The average molecular weight is 403 g/mol. The van der Waals surface area contributed by atoms with Crippen LogP contribution in [0, 0.1) is 0 Å². The van der Waals surface area contributed by atoms with Gasteiger partial charge in [-0.1, -0.05) is 12.8 Å². The standard InChI is InChI=1S/C20H26N4O3S/c1-22-15-12-18(21-22)19-6-3-2-4-14-24(19)28(26,27)17-10-8-16(9-11-17)23-13-5-7-20(23)25/h8-12,15,19H,2-7,13-14H2,1H3/t19-/m0/s1. The van der Waals surface area contributed by atoms with Gasteiger partial charge >= 0.3 is 0 Å². The van der Waals surface area contributed by atoms with Crippen molar-refractivity contribution in [3.63, 3.8) is 0 Å². The molecule has 1 amide bonds. The molecular formula is C20H26N4O3S. The summed E-state index contributed by atoms with van der Waals surface area (Å²) in [5.41, 5.74) is 1.56. The number of sulfonamides is 1. The second-order valence-corrected chi connectivity index (χ2v) is 9.43. The summed E-state index contributed by atoms with van der Waals surface area (Å²) in [6, 6.07) is 8.38. The van der Waals surface area contributed by atoms with E-state index in [9.17, 15) is 13.2 Å². The molecule has 0 spiro atoms. The van der Waals surface area contributed by atoms with Gasteiger partial charge in [-0.15, -0.1) is 0 Å². The third-order valence-corrected chi connectivity index (χ3v) is 7.53. The minimum absolute atomic E-state index is 0.0957. The normalized spacial score (nSPS) is 21.8. The van der Waals surface area contributed by atoms with Gasteiger partial charge in [0.1, 0.15) is 0 Å². The fourth-order valence-corrected chi connectivity index (χ4v) is 5.80. The molecule has 0 N–H and O–H groups in total. The van der Waals surface area contributed by atoms with Gasteiger partial charge in [0.15, 0.2) is 0 Å². The molecule has 2 aromatic rings. The van der Waals surface area contributed by atoms with Crippen LogP contribution in [0.4, 0.5) is 5.69 Å². The van der Waals surface area contributed by atoms with Crippen molar-refractivity contribution in [2.45, 2.75) is 49.5 Å². The molecule has 2 saturated heterocycles. The Kier molecular flexibility index (Phi) is 5.25. The van der Waals surface area contributed by atoms with Gasteiger partial charge in [-0.2, -0.15) is 9.40 Å². The molecule has 8 heteroatoms. The Balaban J connectivity index is 1.64. The lowest BCUT2D eigenvalue weighted by molar-refractivity contribution is -0.117. The fraction of sp³-hybridized carbons (Fsp3) is 0.500. The maximum atomic E-state index is 13.4. The number of aryl methyl sites for hydroxylation is 1. The van der Waals surface area contributed by atoms with Crippen molar-refractivity contribution in [2.75, 3.05) is 18.0 Å². The van der Waals surface area contributed by atoms with Crippen LogP contribution in [-0.2, 0) is 21.9 Å². The number of amides is 1. The molecule has 1 atom stereocenters. The van der Waals surface area contributed by atoms with E-state index < -0.39 is 10.0 Å². The quantitative estimate of drug-likeness (QED) is 0.788. The Hall–Kier alpha value is -2.19. The van der Waals surface area contributed by atoms with Crippen LogP contribution in [0.5, 0.6) is 0 Å². The predicted octanol–water partition coefficient (Wildman–Crippen LogP) is 2.85. The average Bonchev–Trinajstić information content (AvgIpc) is 3.22. The highest BCUT2D eigenvalue weighted by molar-refractivity contribution is 7.89. The van der Waals surface area contributed by atoms with Gasteiger partial charge in [0.2, 0.25) is 15.9 Å². The number of benzene rings is 1. The van der Waals surface area contributed by atoms with Crippen LogP contribution in [0.2, 0.25) is 0 Å². The Morgan fingerprint density at radius 1 is 1.00 bits per heavy atom. The maximum absolute atomic E-state index is 13.4. The fourth-order valence-electron chi connectivity index (χ4n) is 4.13. The molecule has 2 aliphatic rings. The Bertz CT molecular complexity index is 952. The number of aromatic nitrogens is 2. The summed E-state index contributed by atoms with van der Waals surface area (Å²) < 4.78 is 30.2. The van der Waals surface area contributed by atoms with Crippen LogP contribution in [0.25, 0.3) is 0 Å². The van der Waals surface area contributed by atoms with Gasteiger partial charge in [-0.05, 0) is 49.6 Å². The Morgan fingerprint density at radius 3 is 2.43 bits per heavy atom. The topological polar surface area (TPSA) is 75.5 Å². The number of anilines is 1. The van der Waals surface area contributed by atoms with E-state index in [1.165, 1.54) is 0 Å². The second-order valence-electron chi connectivity index (χ2n) is 7.54. The number of rotatable bonds is 4. The molecule has 2 fully saturated rings. The number of hydrogen-bond acceptors (Lipinski definition) is 4. The Morgan fingerprint density at radius 2 is 1.79 bits per heavy atom. The third-order valence-electron chi connectivity index (χ3n) is 5.61. The molecule has 0 saturated carbocycles. The van der Waals surface area contributed by atoms with E-state index in [0.717, 1.165) is 43.5 Å². The van der Waals surface area contributed by atoms with Crippen molar-refractivity contribution in [1.29, 1.82) is 0 Å². The summed E-state index contributed by atoms with van der Waals surface area (Å²) >= 11 is 0. The van der Waals surface area contributed by atoms with E-state index in [1.807, 2.05) is 19.3 Å². The molecule has 28 heavy (non-hydrogen) atoms. The molecule has 0 bridgehead atoms. The van der Waals surface area contributed by atoms with Gasteiger partial charge in [0.25, 0.3) is 0 Å². The lowest BCUT2D eigenvalue weighted by Gasteiger charge is -2.28. The van der Waals surface area contributed by atoms with Gasteiger partial charge in [-0.3, -0.25) is 9.48 Å². The third kappa shape index (κ3) is 3.58. The van der Waals surface area contributed by atoms with Gasteiger partial charge in [-0.25, -0.2) is 8.42 Å². The van der Waals surface area contributed by atoms with E-state index >= 15 is 0 Å². The molecule has 7 nitrogen and oxygen atoms in total. The molecule has 150 valence electrons. The summed E-state index contributed by atoms with van der Waals surface area (Å²) in [6.07, 6.45) is 6.89. The summed E-state index contributed by atoms with van der Waals surface area (Å²) in [5.74, 6) is 0.0957. The number of carbonyl (C=O) groups is 1. The molecule has 0 aliphatic carbocycles. The molecule has 1 aromatic carbocycles. The summed E-state index contributed by atoms with van der Waals surface area (Å²) in [6.45, 7) is 1.19. The zero-order valence-electron chi connectivity index (χ0n) is 16.1. The van der Waals surface area contributed by atoms with E-state index in [1.54, 1.807) is 38.2 Å². The first-order chi connectivity index (χ1) is 13.5. The zero-order valence-corrected chi connectivity index (χ0v) is 16.9. The number of nitrogens with zero attached hydrogens (tertiary/aromatic N) is 4. The smallest absolute Gasteiger partial charge is 0.243 e. The highest BCUT2D eigenvalue weighted by Crippen LogP contribution is 2.34. The molecule has 0 unspecified atom stereocenters. The monoisotopic (exact) mass is 402 g/mol. The lowest BCUT2D eigenvalue weighted by Crippen LogP contribution is -2.35. The Labute approximate surface area is 166 Å². The first-order valence-electron chi connectivity index (χ1n) is 9.88. The van der Waals surface area contributed by atoms with Crippen LogP contribution >= 0.6 is 0 Å². The van der Waals surface area contributed by atoms with Crippen molar-refractivity contribution in [3.8, 4) is 0 Å². The minimum atomic E-state index is -3.65. The summed E-state index contributed by atoms with van der Waals surface area (Å²) in [4.78, 5) is 13.9. The van der Waals surface area contributed by atoms with Crippen LogP contribution in [-0.4, -0.2) is 41.5 Å². The van der Waals surface area contributed by atoms with Crippen molar-refractivity contribution < 1.29 is 13.2 Å². The van der Waals surface area contributed by atoms with E-state index in [4.69, 9.17) is 0 Å². The SMILES string of the molecule is Cn1ccc([C@@H]2CCCCCN2S(=O)(=O)c2ccc(N3CCCC3=O)cc2)n1. The highest BCUT2D eigenvalue weighted by atomic mass is 32.2. The molecular weight excluding hydrogens is 376 g/mol. The summed E-state index contributed by atoms with van der Waals surface area (Å²) in [7, 11) is -1.80. The molecule has 4 rings (SSSR count). The molecule has 0 radical (unpaired) electrons. The van der Waals surface area contributed by atoms with Crippen molar-refractivity contribution in [1.82, 2.24) is 14.1 Å². The van der Waals surface area contributed by atoms with Crippen molar-refractivity contribution in [2.24, 2.45) is 7.05 Å². The molecule has 1 aromatic heterocycles. The predicted molar refractivity (Wildman–Crippen MR) is 106 cm³/mol. The van der Waals surface area contributed by atoms with E-state index in [2.05, 4.69) is 5.10 Å². The summed E-state index contributed by atoms with van der Waals surface area (Å²) in [5, 5.41) is 4.47. The number of hydrogen-bond donors (Lipinski definition) is 0. The number of carbonyl (C=O) groups excluding carboxylic acids is 1. The van der Waals surface area contributed by atoms with Crippen molar-refractivity contribution in [3.05, 3.63) is 42.2 Å². The van der Waals surface area contributed by atoms with Gasteiger partial charge < -0.3 is 4.90 Å². The first-order valence-corrected chi connectivity index (χ1v) is 11.3. The maximum Gasteiger partial charge on any atom is 0.243 e. The largest absolute Gasteiger partial charge is 0.312 e. The highest BCUT2D eigenvalue weighted by Gasteiger charge is 2.34. The molecule has 2 aliphatic heterocycles. The van der Waals surface area contributed by atoms with Gasteiger partial charge in [0.05, 0.1) is 16.6 Å². The zero-order chi connectivity index (χ0) is 19.7. The van der Waals surface area contributed by atoms with Crippen LogP contribution < -0.4 is 4.90 Å². The van der Waals surface area contributed by atoms with Crippen molar-refractivity contribution >= 4 is 21.6 Å². The first kappa shape index (κ1) is 19.1. The molecule has 3 heterocycles. The van der Waals surface area contributed by atoms with Crippen LogP contribution in [0.3, 0.4) is 0 Å². The van der Waals surface area contributed by atoms with E-state index in [0.29, 0.717) is 19.5 Å². The second kappa shape index (κ2) is 7.67. The lowest BCUT2D eigenvalue weighted by atomic mass is 10.1. The van der Waals surface area contributed by atoms with Gasteiger partial charge in [0, 0.05) is 38.4 Å². The van der Waals surface area contributed by atoms with E-state index in [-0.39, 0.29) is 16.8 Å². The van der Waals surface area contributed by atoms with Crippen LogP contribution in [0.15, 0.2) is 41.4 Å². The minimum Gasteiger partial charge on any atom is -0.312 e.